The number of amides is 1. The highest BCUT2D eigenvalue weighted by Gasteiger charge is 2.12. The van der Waals surface area contributed by atoms with E-state index in [-0.39, 0.29) is 19.0 Å². The minimum absolute atomic E-state index is 0.120. The number of nitriles is 1. The predicted molar refractivity (Wildman–Crippen MR) is 84.5 cm³/mol. The molecule has 2 N–H and O–H groups in total. The van der Waals surface area contributed by atoms with Crippen LogP contribution >= 0.6 is 11.3 Å². The van der Waals surface area contributed by atoms with Crippen LogP contribution in [0.15, 0.2) is 35.2 Å². The molecule has 6 nitrogen and oxygen atoms in total. The van der Waals surface area contributed by atoms with E-state index in [9.17, 15) is 9.90 Å². The highest BCUT2D eigenvalue weighted by Crippen LogP contribution is 2.15. The summed E-state index contributed by atoms with van der Waals surface area (Å²) in [5.74, 6) is 0.399. The number of aromatic nitrogens is 1. The lowest BCUT2D eigenvalue weighted by Crippen LogP contribution is -2.37. The average Bonchev–Trinajstić information content (AvgIpc) is 3.07. The van der Waals surface area contributed by atoms with Crippen LogP contribution in [0.3, 0.4) is 0 Å². The Labute approximate surface area is 132 Å². The smallest absolute Gasteiger partial charge is 0.239 e. The van der Waals surface area contributed by atoms with Gasteiger partial charge in [-0.2, -0.15) is 16.6 Å². The normalized spacial score (nSPS) is 11.5. The Hall–Kier alpha value is -2.43. The third-order valence-corrected chi connectivity index (χ3v) is 3.77. The van der Waals surface area contributed by atoms with Gasteiger partial charge < -0.3 is 15.3 Å². The maximum absolute atomic E-state index is 11.9. The van der Waals surface area contributed by atoms with Crippen LogP contribution in [0.25, 0.3) is 0 Å². The Bertz CT molecular complexity index is 649. The molecule has 0 unspecified atom stereocenters. The molecule has 0 bridgehead atoms. The quantitative estimate of drug-likeness (QED) is 0.838. The number of hydrogen-bond acceptors (Lipinski definition) is 6. The molecule has 1 amide bonds. The van der Waals surface area contributed by atoms with Gasteiger partial charge in [-0.05, 0) is 34.5 Å². The zero-order chi connectivity index (χ0) is 15.9. The maximum Gasteiger partial charge on any atom is 0.239 e. The monoisotopic (exact) mass is 316 g/mol. The Balaban J connectivity index is 1.82. The fourth-order valence-corrected chi connectivity index (χ4v) is 2.53. The first-order valence-corrected chi connectivity index (χ1v) is 7.58. The number of nitrogens with one attached hydrogen (secondary N) is 1. The fraction of sp³-hybridized carbons (Fsp3) is 0.267. The third-order valence-electron chi connectivity index (χ3n) is 3.07. The van der Waals surface area contributed by atoms with Crippen LogP contribution in [0.5, 0.6) is 0 Å². The maximum atomic E-state index is 11.9. The van der Waals surface area contributed by atoms with Gasteiger partial charge in [-0.3, -0.25) is 4.79 Å². The zero-order valence-corrected chi connectivity index (χ0v) is 12.9. The van der Waals surface area contributed by atoms with Crippen LogP contribution in [0.4, 0.5) is 5.82 Å². The summed E-state index contributed by atoms with van der Waals surface area (Å²) in [7, 11) is 1.74. The van der Waals surface area contributed by atoms with Crippen molar-refractivity contribution in [2.24, 2.45) is 0 Å². The summed E-state index contributed by atoms with van der Waals surface area (Å²) in [4.78, 5) is 17.7. The van der Waals surface area contributed by atoms with Crippen molar-refractivity contribution in [2.75, 3.05) is 25.0 Å². The van der Waals surface area contributed by atoms with Crippen molar-refractivity contribution in [1.29, 1.82) is 5.26 Å². The molecule has 0 radical (unpaired) electrons. The first kappa shape index (κ1) is 15.9. The minimum atomic E-state index is -0.700. The molecule has 0 spiro atoms. The number of aliphatic hydroxyl groups excluding tert-OH is 1. The lowest BCUT2D eigenvalue weighted by molar-refractivity contribution is -0.120. The summed E-state index contributed by atoms with van der Waals surface area (Å²) in [5, 5.41) is 25.0. The molecule has 2 heterocycles. The Morgan fingerprint density at radius 1 is 1.55 bits per heavy atom. The number of aliphatic hydroxyl groups is 1. The van der Waals surface area contributed by atoms with Crippen LogP contribution in [-0.4, -0.2) is 36.1 Å². The average molecular weight is 316 g/mol. The van der Waals surface area contributed by atoms with E-state index in [1.54, 1.807) is 24.1 Å². The van der Waals surface area contributed by atoms with Crippen LogP contribution in [-0.2, 0) is 4.79 Å². The second-order valence-electron chi connectivity index (χ2n) is 4.75. The van der Waals surface area contributed by atoms with Gasteiger partial charge in [0.15, 0.2) is 0 Å². The van der Waals surface area contributed by atoms with Crippen molar-refractivity contribution in [2.45, 2.75) is 6.10 Å². The standard InChI is InChI=1S/C15H16N4O2S/c1-19(14-3-2-11(6-16)7-17-14)9-15(21)18-8-13(20)12-4-5-22-10-12/h2-5,7,10,13,20H,8-9H2,1H3,(H,18,21)/t13-/m0/s1. The number of nitrogens with zero attached hydrogens (tertiary/aromatic N) is 3. The Morgan fingerprint density at radius 3 is 2.95 bits per heavy atom. The highest BCUT2D eigenvalue weighted by atomic mass is 32.1. The molecular weight excluding hydrogens is 300 g/mol. The van der Waals surface area contributed by atoms with E-state index in [4.69, 9.17) is 5.26 Å². The van der Waals surface area contributed by atoms with E-state index in [0.29, 0.717) is 11.4 Å². The number of pyridine rings is 1. The van der Waals surface area contributed by atoms with E-state index in [2.05, 4.69) is 10.3 Å². The largest absolute Gasteiger partial charge is 0.387 e. The van der Waals surface area contributed by atoms with Crippen LogP contribution in [0, 0.1) is 11.3 Å². The molecule has 0 aliphatic rings. The van der Waals surface area contributed by atoms with Gasteiger partial charge >= 0.3 is 0 Å². The van der Waals surface area contributed by atoms with Gasteiger partial charge in [0.25, 0.3) is 0 Å². The number of carbonyl (C=O) groups excluding carboxylic acids is 1. The molecule has 2 rings (SSSR count). The molecule has 114 valence electrons. The first-order valence-electron chi connectivity index (χ1n) is 6.64. The number of anilines is 1. The molecule has 0 aromatic carbocycles. The van der Waals surface area contributed by atoms with Crippen LogP contribution in [0.2, 0.25) is 0 Å². The second-order valence-corrected chi connectivity index (χ2v) is 5.53. The van der Waals surface area contributed by atoms with E-state index < -0.39 is 6.10 Å². The SMILES string of the molecule is CN(CC(=O)NC[C@H](O)c1ccsc1)c1ccc(C#N)cn1. The van der Waals surface area contributed by atoms with E-state index in [0.717, 1.165) is 5.56 Å². The van der Waals surface area contributed by atoms with Crippen molar-refractivity contribution < 1.29 is 9.90 Å². The fourth-order valence-electron chi connectivity index (χ4n) is 1.82. The number of carbonyl (C=O) groups is 1. The van der Waals surface area contributed by atoms with Gasteiger partial charge in [0.2, 0.25) is 5.91 Å². The summed E-state index contributed by atoms with van der Waals surface area (Å²) < 4.78 is 0. The van der Waals surface area contributed by atoms with Crippen molar-refractivity contribution in [3.63, 3.8) is 0 Å². The number of thiophene rings is 1. The molecule has 0 aliphatic heterocycles. The number of hydrogen-bond donors (Lipinski definition) is 2. The van der Waals surface area contributed by atoms with Crippen molar-refractivity contribution >= 4 is 23.1 Å². The number of likely N-dealkylation sites (N-methyl/N-ethyl adjacent to an activating group) is 1. The van der Waals surface area contributed by atoms with Crippen molar-refractivity contribution in [3.8, 4) is 6.07 Å². The molecule has 22 heavy (non-hydrogen) atoms. The van der Waals surface area contributed by atoms with E-state index >= 15 is 0 Å². The lowest BCUT2D eigenvalue weighted by Gasteiger charge is -2.18. The van der Waals surface area contributed by atoms with Gasteiger partial charge in [-0.15, -0.1) is 0 Å². The summed E-state index contributed by atoms with van der Waals surface area (Å²) in [6.45, 7) is 0.291. The Morgan fingerprint density at radius 2 is 2.36 bits per heavy atom. The van der Waals surface area contributed by atoms with Gasteiger partial charge in [-0.25, -0.2) is 4.98 Å². The summed E-state index contributed by atoms with van der Waals surface area (Å²) in [5.41, 5.74) is 1.27. The highest BCUT2D eigenvalue weighted by molar-refractivity contribution is 7.07. The van der Waals surface area contributed by atoms with Gasteiger partial charge in [0.05, 0.1) is 18.2 Å². The summed E-state index contributed by atoms with van der Waals surface area (Å²) in [6.07, 6.45) is 0.762. The van der Waals surface area contributed by atoms with Gasteiger partial charge in [0, 0.05) is 19.8 Å². The number of rotatable bonds is 6. The predicted octanol–water partition coefficient (Wildman–Crippen LogP) is 1.30. The molecule has 0 aliphatic carbocycles. The molecule has 0 saturated heterocycles. The first-order chi connectivity index (χ1) is 10.6. The van der Waals surface area contributed by atoms with Crippen molar-refractivity contribution in [1.82, 2.24) is 10.3 Å². The molecule has 2 aromatic rings. The van der Waals surface area contributed by atoms with E-state index in [1.165, 1.54) is 17.5 Å². The molecule has 0 saturated carbocycles. The van der Waals surface area contributed by atoms with Crippen molar-refractivity contribution in [3.05, 3.63) is 46.3 Å². The second kappa shape index (κ2) is 7.54. The van der Waals surface area contributed by atoms with Crippen LogP contribution < -0.4 is 10.2 Å². The minimum Gasteiger partial charge on any atom is -0.387 e. The van der Waals surface area contributed by atoms with Gasteiger partial charge in [-0.1, -0.05) is 0 Å². The van der Waals surface area contributed by atoms with Crippen LogP contribution in [0.1, 0.15) is 17.2 Å². The lowest BCUT2D eigenvalue weighted by atomic mass is 10.2. The molecule has 0 fully saturated rings. The summed E-state index contributed by atoms with van der Waals surface area (Å²) in [6, 6.07) is 7.16. The molecule has 2 aromatic heterocycles. The van der Waals surface area contributed by atoms with E-state index in [1.807, 2.05) is 22.9 Å². The van der Waals surface area contributed by atoms with Gasteiger partial charge in [0.1, 0.15) is 11.9 Å². The topological polar surface area (TPSA) is 89.3 Å². The molecule has 1 atom stereocenters. The third kappa shape index (κ3) is 4.28. The zero-order valence-electron chi connectivity index (χ0n) is 12.1. The summed E-state index contributed by atoms with van der Waals surface area (Å²) >= 11 is 1.50. The molecular formula is C15H16N4O2S. The molecule has 7 heteroatoms. The Kier molecular flexibility index (Phi) is 5.47.